The van der Waals surface area contributed by atoms with Crippen LogP contribution in [0.5, 0.6) is 0 Å². The lowest BCUT2D eigenvalue weighted by molar-refractivity contribution is -0.00721. The minimum absolute atomic E-state index is 0.0244. The molecule has 1 N–H and O–H groups in total. The number of fused-ring (bicyclic) bond motifs is 2. The third kappa shape index (κ3) is 2.93. The van der Waals surface area contributed by atoms with Gasteiger partial charge in [-0.2, -0.15) is 5.10 Å². The molecule has 2 atom stereocenters. The molecule has 4 rings (SSSR count). The summed E-state index contributed by atoms with van der Waals surface area (Å²) in [5.74, 6) is 0.0244. The molecule has 0 aromatic carbocycles. The van der Waals surface area contributed by atoms with E-state index < -0.39 is 0 Å². The number of methoxy groups -OCH3 is 1. The fraction of sp³-hybridized carbons (Fsp3) is 0.611. The van der Waals surface area contributed by atoms with Crippen molar-refractivity contribution in [1.82, 2.24) is 24.6 Å². The van der Waals surface area contributed by atoms with Crippen molar-refractivity contribution in [2.24, 2.45) is 0 Å². The van der Waals surface area contributed by atoms with E-state index >= 15 is 0 Å². The Hall–Kier alpha value is -2.19. The van der Waals surface area contributed by atoms with Crippen LogP contribution < -0.4 is 0 Å². The summed E-state index contributed by atoms with van der Waals surface area (Å²) in [7, 11) is 1.66. The Morgan fingerprint density at radius 1 is 1.46 bits per heavy atom. The molecular weight excluding hydrogens is 334 g/mol. The lowest BCUT2D eigenvalue weighted by Crippen LogP contribution is -2.38. The highest BCUT2D eigenvalue weighted by Crippen LogP contribution is 2.32. The van der Waals surface area contributed by atoms with Gasteiger partial charge in [0.15, 0.2) is 0 Å². The lowest BCUT2D eigenvalue weighted by atomic mass is 9.99. The van der Waals surface area contributed by atoms with Crippen molar-refractivity contribution in [1.29, 1.82) is 0 Å². The Morgan fingerprint density at radius 3 is 3.12 bits per heavy atom. The Morgan fingerprint density at radius 2 is 2.31 bits per heavy atom. The van der Waals surface area contributed by atoms with Gasteiger partial charge in [-0.25, -0.2) is 4.98 Å². The average Bonchev–Trinajstić information content (AvgIpc) is 3.22. The second-order valence-corrected chi connectivity index (χ2v) is 7.03. The fourth-order valence-electron chi connectivity index (χ4n) is 3.91. The predicted molar refractivity (Wildman–Crippen MR) is 93.8 cm³/mol. The summed E-state index contributed by atoms with van der Waals surface area (Å²) in [4.78, 5) is 22.8. The molecule has 0 unspecified atom stereocenters. The van der Waals surface area contributed by atoms with Crippen molar-refractivity contribution in [2.45, 2.75) is 52.0 Å². The number of hydrogen-bond donors (Lipinski definition) is 1. The number of aromatic nitrogens is 4. The van der Waals surface area contributed by atoms with E-state index in [9.17, 15) is 4.79 Å². The number of nitrogens with zero attached hydrogens (tertiary/aromatic N) is 4. The highest BCUT2D eigenvalue weighted by molar-refractivity contribution is 5.94. The molecule has 0 fully saturated rings. The first kappa shape index (κ1) is 17.2. The van der Waals surface area contributed by atoms with E-state index in [0.717, 1.165) is 29.1 Å². The van der Waals surface area contributed by atoms with Crippen LogP contribution in [0.25, 0.3) is 0 Å². The van der Waals surface area contributed by atoms with Crippen LogP contribution in [0.3, 0.4) is 0 Å². The zero-order valence-electron chi connectivity index (χ0n) is 15.5. The van der Waals surface area contributed by atoms with Gasteiger partial charge in [-0.15, -0.1) is 0 Å². The number of rotatable bonds is 4. The minimum atomic E-state index is -0.107. The summed E-state index contributed by atoms with van der Waals surface area (Å²) in [5.41, 5.74) is 4.66. The lowest BCUT2D eigenvalue weighted by Gasteiger charge is -2.28. The van der Waals surface area contributed by atoms with Gasteiger partial charge in [0.1, 0.15) is 5.69 Å². The van der Waals surface area contributed by atoms with Crippen LogP contribution in [0.4, 0.5) is 0 Å². The monoisotopic (exact) mass is 359 g/mol. The SMILES string of the molecule is COCCn1nc2c(c1C(=O)N1CCc3nc[nH]c3C1)C[C@H](C)O[C@@H]2C. The molecule has 1 amide bonds. The predicted octanol–water partition coefficient (Wildman–Crippen LogP) is 1.47. The van der Waals surface area contributed by atoms with Crippen molar-refractivity contribution in [3.05, 3.63) is 34.7 Å². The summed E-state index contributed by atoms with van der Waals surface area (Å²) in [6.07, 6.45) is 3.14. The van der Waals surface area contributed by atoms with E-state index in [1.165, 1.54) is 0 Å². The normalized spacial score (nSPS) is 22.2. The summed E-state index contributed by atoms with van der Waals surface area (Å²) >= 11 is 0. The zero-order valence-corrected chi connectivity index (χ0v) is 15.5. The second kappa shape index (κ2) is 6.85. The summed E-state index contributed by atoms with van der Waals surface area (Å²) in [5, 5.41) is 4.70. The van der Waals surface area contributed by atoms with E-state index in [0.29, 0.717) is 38.4 Å². The molecule has 0 spiro atoms. The van der Waals surface area contributed by atoms with E-state index in [-0.39, 0.29) is 18.1 Å². The molecule has 140 valence electrons. The molecule has 0 aliphatic carbocycles. The Labute approximate surface area is 152 Å². The van der Waals surface area contributed by atoms with Gasteiger partial charge in [0.25, 0.3) is 5.91 Å². The number of aromatic amines is 1. The van der Waals surface area contributed by atoms with Crippen LogP contribution in [-0.4, -0.2) is 56.9 Å². The Bertz CT molecular complexity index is 812. The molecule has 2 aromatic rings. The number of imidazole rings is 1. The summed E-state index contributed by atoms with van der Waals surface area (Å²) in [6.45, 7) is 6.32. The van der Waals surface area contributed by atoms with Gasteiger partial charge in [-0.05, 0) is 13.8 Å². The number of carbonyl (C=O) groups excluding carboxylic acids is 1. The van der Waals surface area contributed by atoms with Gasteiger partial charge in [-0.3, -0.25) is 9.48 Å². The fourth-order valence-corrected chi connectivity index (χ4v) is 3.91. The van der Waals surface area contributed by atoms with E-state index in [1.54, 1.807) is 18.1 Å². The number of H-pyrrole nitrogens is 1. The maximum absolute atomic E-state index is 13.4. The second-order valence-electron chi connectivity index (χ2n) is 7.03. The molecule has 0 radical (unpaired) electrons. The number of nitrogens with one attached hydrogen (secondary N) is 1. The van der Waals surface area contributed by atoms with Crippen LogP contribution in [0.15, 0.2) is 6.33 Å². The van der Waals surface area contributed by atoms with Crippen LogP contribution in [-0.2, 0) is 35.4 Å². The van der Waals surface area contributed by atoms with Gasteiger partial charge in [0.2, 0.25) is 0 Å². The molecule has 0 saturated carbocycles. The Kier molecular flexibility index (Phi) is 4.54. The first-order valence-corrected chi connectivity index (χ1v) is 9.12. The third-order valence-electron chi connectivity index (χ3n) is 5.17. The van der Waals surface area contributed by atoms with E-state index in [1.807, 2.05) is 18.7 Å². The number of ether oxygens (including phenoxy) is 2. The van der Waals surface area contributed by atoms with Crippen LogP contribution >= 0.6 is 0 Å². The summed E-state index contributed by atoms with van der Waals surface area (Å²) in [6, 6.07) is 0. The molecular formula is C18H25N5O3. The van der Waals surface area contributed by atoms with Crippen molar-refractivity contribution in [2.75, 3.05) is 20.3 Å². The number of hydrogen-bond acceptors (Lipinski definition) is 5. The third-order valence-corrected chi connectivity index (χ3v) is 5.17. The molecule has 2 aliphatic rings. The molecule has 26 heavy (non-hydrogen) atoms. The first-order chi connectivity index (χ1) is 12.6. The van der Waals surface area contributed by atoms with Crippen LogP contribution in [0, 0.1) is 0 Å². The smallest absolute Gasteiger partial charge is 0.272 e. The maximum Gasteiger partial charge on any atom is 0.272 e. The molecule has 8 heteroatoms. The van der Waals surface area contributed by atoms with E-state index in [4.69, 9.17) is 14.6 Å². The molecule has 0 saturated heterocycles. The Balaban J connectivity index is 1.69. The van der Waals surface area contributed by atoms with Gasteiger partial charge >= 0.3 is 0 Å². The van der Waals surface area contributed by atoms with Crippen molar-refractivity contribution in [3.8, 4) is 0 Å². The molecule has 2 aromatic heterocycles. The molecule has 8 nitrogen and oxygen atoms in total. The zero-order chi connectivity index (χ0) is 18.3. The number of carbonyl (C=O) groups is 1. The first-order valence-electron chi connectivity index (χ1n) is 9.12. The highest BCUT2D eigenvalue weighted by Gasteiger charge is 2.34. The van der Waals surface area contributed by atoms with Crippen LogP contribution in [0.1, 0.15) is 53.1 Å². The van der Waals surface area contributed by atoms with Crippen molar-refractivity contribution < 1.29 is 14.3 Å². The van der Waals surface area contributed by atoms with Gasteiger partial charge in [0, 0.05) is 32.1 Å². The topological polar surface area (TPSA) is 85.3 Å². The van der Waals surface area contributed by atoms with Gasteiger partial charge in [-0.1, -0.05) is 0 Å². The quantitative estimate of drug-likeness (QED) is 0.894. The minimum Gasteiger partial charge on any atom is -0.383 e. The molecule has 0 bridgehead atoms. The average molecular weight is 359 g/mol. The largest absolute Gasteiger partial charge is 0.383 e. The maximum atomic E-state index is 13.4. The summed E-state index contributed by atoms with van der Waals surface area (Å²) < 4.78 is 12.9. The van der Waals surface area contributed by atoms with Gasteiger partial charge < -0.3 is 19.4 Å². The van der Waals surface area contributed by atoms with Crippen LogP contribution in [0.2, 0.25) is 0 Å². The van der Waals surface area contributed by atoms with Gasteiger partial charge in [0.05, 0.1) is 55.3 Å². The standard InChI is InChI=1S/C18H25N5O3/c1-11-8-13-16(12(2)26-11)21-23(6-7-25-3)17(13)18(24)22-5-4-14-15(9-22)20-10-19-14/h10-12H,4-9H2,1-3H3,(H,19,20)/t11-,12+/m0/s1. The molecule has 4 heterocycles. The van der Waals surface area contributed by atoms with Crippen molar-refractivity contribution >= 4 is 5.91 Å². The number of amides is 1. The van der Waals surface area contributed by atoms with E-state index in [2.05, 4.69) is 9.97 Å². The highest BCUT2D eigenvalue weighted by atomic mass is 16.5. The van der Waals surface area contributed by atoms with Crippen molar-refractivity contribution in [3.63, 3.8) is 0 Å². The molecule has 2 aliphatic heterocycles.